The third-order valence-corrected chi connectivity index (χ3v) is 1.38. The zero-order chi connectivity index (χ0) is 12.1. The molecule has 0 aliphatic heterocycles. The molecule has 0 aromatic carbocycles. The smallest absolute Gasteiger partial charge is 0.408 e. The summed E-state index contributed by atoms with van der Waals surface area (Å²) in [6, 6.07) is -0.744. The molecule has 0 saturated carbocycles. The average molecular weight is 218 g/mol. The number of hydrogen-bond donors (Lipinski definition) is 3. The number of carbonyl (C=O) groups is 2. The Morgan fingerprint density at radius 2 is 1.93 bits per heavy atom. The van der Waals surface area contributed by atoms with Crippen molar-refractivity contribution in [3.8, 4) is 0 Å². The molecule has 88 valence electrons. The Bertz CT molecular complexity index is 235. The van der Waals surface area contributed by atoms with E-state index >= 15 is 0 Å². The van der Waals surface area contributed by atoms with Crippen molar-refractivity contribution in [2.45, 2.75) is 39.3 Å². The minimum atomic E-state index is -0.744. The maximum absolute atomic E-state index is 11.2. The summed E-state index contributed by atoms with van der Waals surface area (Å²) in [5.41, 5.74) is -0.600. The van der Waals surface area contributed by atoms with Gasteiger partial charge in [-0.15, -0.1) is 0 Å². The topological polar surface area (TPSA) is 87.7 Å². The number of amides is 2. The Morgan fingerprint density at radius 1 is 1.40 bits per heavy atom. The molecule has 0 heterocycles. The van der Waals surface area contributed by atoms with E-state index in [0.29, 0.717) is 0 Å². The third-order valence-electron chi connectivity index (χ3n) is 1.38. The number of alkyl carbamates (subject to hydrolysis) is 1. The van der Waals surface area contributed by atoms with Crippen LogP contribution in [-0.2, 0) is 9.53 Å². The normalized spacial score (nSPS) is 12.9. The van der Waals surface area contributed by atoms with Crippen LogP contribution < -0.4 is 10.6 Å². The number of aliphatic hydroxyl groups excluding tert-OH is 1. The van der Waals surface area contributed by atoms with E-state index in [4.69, 9.17) is 9.84 Å². The van der Waals surface area contributed by atoms with E-state index in [2.05, 4.69) is 10.6 Å². The summed E-state index contributed by atoms with van der Waals surface area (Å²) in [7, 11) is 0. The van der Waals surface area contributed by atoms with E-state index in [1.54, 1.807) is 20.8 Å². The number of rotatable bonds is 3. The first-order valence-corrected chi connectivity index (χ1v) is 4.64. The Kier molecular flexibility index (Phi) is 5.07. The molecule has 0 radical (unpaired) electrons. The van der Waals surface area contributed by atoms with Crippen molar-refractivity contribution in [3.05, 3.63) is 0 Å². The Hall–Kier alpha value is -1.30. The molecule has 2 amide bonds. The molecule has 0 aliphatic carbocycles. The Morgan fingerprint density at radius 3 is 2.33 bits per heavy atom. The minimum absolute atomic E-state index is 0.459. The fourth-order valence-electron chi connectivity index (χ4n) is 0.781. The van der Waals surface area contributed by atoms with Gasteiger partial charge in [0, 0.05) is 0 Å². The fourth-order valence-corrected chi connectivity index (χ4v) is 0.781. The summed E-state index contributed by atoms with van der Waals surface area (Å²) in [6.45, 7) is 6.22. The Labute approximate surface area is 89.0 Å². The second kappa shape index (κ2) is 5.55. The van der Waals surface area contributed by atoms with Gasteiger partial charge in [0.05, 0.1) is 0 Å². The number of carbonyl (C=O) groups excluding carboxylic acids is 2. The number of aliphatic hydroxyl groups is 1. The van der Waals surface area contributed by atoms with Crippen LogP contribution in [-0.4, -0.2) is 35.5 Å². The molecule has 0 bridgehead atoms. The van der Waals surface area contributed by atoms with Gasteiger partial charge in [-0.05, 0) is 27.7 Å². The standard InChI is InChI=1S/C9H18N2O4/c1-6(7(13)10-5-12)11-8(14)15-9(2,3)4/h6,12H,5H2,1-4H3,(H,10,13)(H,11,14)/t6-/m0/s1. The van der Waals surface area contributed by atoms with Gasteiger partial charge >= 0.3 is 6.09 Å². The summed E-state index contributed by atoms with van der Waals surface area (Å²) in [4.78, 5) is 22.3. The van der Waals surface area contributed by atoms with Crippen molar-refractivity contribution in [2.24, 2.45) is 0 Å². The molecule has 0 aromatic heterocycles. The molecule has 0 spiro atoms. The van der Waals surface area contributed by atoms with Crippen molar-refractivity contribution in [2.75, 3.05) is 6.73 Å². The lowest BCUT2D eigenvalue weighted by Gasteiger charge is -2.21. The highest BCUT2D eigenvalue weighted by Crippen LogP contribution is 2.06. The molecule has 0 aliphatic rings. The van der Waals surface area contributed by atoms with E-state index in [1.165, 1.54) is 6.92 Å². The van der Waals surface area contributed by atoms with Crippen LogP contribution in [0.2, 0.25) is 0 Å². The van der Waals surface area contributed by atoms with Crippen molar-refractivity contribution in [1.29, 1.82) is 0 Å². The van der Waals surface area contributed by atoms with Crippen molar-refractivity contribution < 1.29 is 19.4 Å². The maximum Gasteiger partial charge on any atom is 0.408 e. The molecule has 0 unspecified atom stereocenters. The summed E-state index contributed by atoms with van der Waals surface area (Å²) in [5, 5.41) is 12.9. The SMILES string of the molecule is C[C@H](NC(=O)OC(C)(C)C)C(=O)NCO. The van der Waals surface area contributed by atoms with Gasteiger partial charge in [-0.1, -0.05) is 0 Å². The molecule has 1 atom stereocenters. The molecule has 6 nitrogen and oxygen atoms in total. The minimum Gasteiger partial charge on any atom is -0.444 e. The van der Waals surface area contributed by atoms with Crippen molar-refractivity contribution >= 4 is 12.0 Å². The van der Waals surface area contributed by atoms with E-state index < -0.39 is 30.4 Å². The molecule has 3 N–H and O–H groups in total. The van der Waals surface area contributed by atoms with Crippen LogP contribution >= 0.6 is 0 Å². The number of nitrogens with one attached hydrogen (secondary N) is 2. The fraction of sp³-hybridized carbons (Fsp3) is 0.778. The zero-order valence-corrected chi connectivity index (χ0v) is 9.46. The monoisotopic (exact) mass is 218 g/mol. The second-order valence-corrected chi connectivity index (χ2v) is 4.07. The van der Waals surface area contributed by atoms with E-state index in [9.17, 15) is 9.59 Å². The lowest BCUT2D eigenvalue weighted by Crippen LogP contribution is -2.46. The van der Waals surface area contributed by atoms with Gasteiger partial charge < -0.3 is 20.5 Å². The highest BCUT2D eigenvalue weighted by atomic mass is 16.6. The molecule has 15 heavy (non-hydrogen) atoms. The van der Waals surface area contributed by atoms with Crippen LogP contribution in [0.5, 0.6) is 0 Å². The van der Waals surface area contributed by atoms with Gasteiger partial charge in [0.2, 0.25) is 5.91 Å². The van der Waals surface area contributed by atoms with Crippen LogP contribution in [0.25, 0.3) is 0 Å². The first kappa shape index (κ1) is 13.7. The summed E-state index contributed by atoms with van der Waals surface area (Å²) >= 11 is 0. The molecular formula is C9H18N2O4. The van der Waals surface area contributed by atoms with Crippen LogP contribution in [0.4, 0.5) is 4.79 Å². The predicted octanol–water partition coefficient (Wildman–Crippen LogP) is -0.0344. The van der Waals surface area contributed by atoms with Gasteiger partial charge in [0.15, 0.2) is 0 Å². The van der Waals surface area contributed by atoms with Gasteiger partial charge in [-0.3, -0.25) is 4.79 Å². The zero-order valence-electron chi connectivity index (χ0n) is 9.46. The van der Waals surface area contributed by atoms with Crippen LogP contribution in [0.15, 0.2) is 0 Å². The summed E-state index contributed by atoms with van der Waals surface area (Å²) in [6.07, 6.45) is -0.664. The third kappa shape index (κ3) is 6.73. The highest BCUT2D eigenvalue weighted by Gasteiger charge is 2.20. The van der Waals surface area contributed by atoms with Gasteiger partial charge in [-0.2, -0.15) is 0 Å². The highest BCUT2D eigenvalue weighted by molar-refractivity contribution is 5.85. The number of ether oxygens (including phenoxy) is 1. The predicted molar refractivity (Wildman–Crippen MR) is 54.1 cm³/mol. The van der Waals surface area contributed by atoms with Gasteiger partial charge in [0.1, 0.15) is 18.4 Å². The summed E-state index contributed by atoms with van der Waals surface area (Å²) in [5.74, 6) is -0.469. The van der Waals surface area contributed by atoms with Crippen LogP contribution in [0, 0.1) is 0 Å². The number of hydrogen-bond acceptors (Lipinski definition) is 4. The van der Waals surface area contributed by atoms with Crippen LogP contribution in [0.3, 0.4) is 0 Å². The molecule has 0 aromatic rings. The Balaban J connectivity index is 4.02. The molecule has 6 heteroatoms. The molecular weight excluding hydrogens is 200 g/mol. The lowest BCUT2D eigenvalue weighted by molar-refractivity contribution is -0.123. The van der Waals surface area contributed by atoms with E-state index in [1.807, 2.05) is 0 Å². The average Bonchev–Trinajstić information content (AvgIpc) is 2.00. The first-order chi connectivity index (χ1) is 6.76. The quantitative estimate of drug-likeness (QED) is 0.580. The van der Waals surface area contributed by atoms with Crippen molar-refractivity contribution in [1.82, 2.24) is 10.6 Å². The lowest BCUT2D eigenvalue weighted by atomic mass is 10.2. The van der Waals surface area contributed by atoms with Crippen molar-refractivity contribution in [3.63, 3.8) is 0 Å². The second-order valence-electron chi connectivity index (χ2n) is 4.07. The van der Waals surface area contributed by atoms with Crippen LogP contribution in [0.1, 0.15) is 27.7 Å². The van der Waals surface area contributed by atoms with E-state index in [0.717, 1.165) is 0 Å². The van der Waals surface area contributed by atoms with Gasteiger partial charge in [-0.25, -0.2) is 4.79 Å². The molecule has 0 fully saturated rings. The van der Waals surface area contributed by atoms with E-state index in [-0.39, 0.29) is 0 Å². The van der Waals surface area contributed by atoms with Gasteiger partial charge in [0.25, 0.3) is 0 Å². The first-order valence-electron chi connectivity index (χ1n) is 4.64. The maximum atomic E-state index is 11.2. The molecule has 0 saturated heterocycles. The molecule has 0 rings (SSSR count). The summed E-state index contributed by atoms with van der Waals surface area (Å²) < 4.78 is 4.94. The largest absolute Gasteiger partial charge is 0.444 e.